The molecule has 1 aromatic carbocycles. The zero-order valence-corrected chi connectivity index (χ0v) is 15.2. The van der Waals surface area contributed by atoms with Gasteiger partial charge in [-0.3, -0.25) is 4.79 Å². The third kappa shape index (κ3) is 4.97. The first-order valence-corrected chi connectivity index (χ1v) is 8.81. The molecule has 5 nitrogen and oxygen atoms in total. The molecule has 1 saturated carbocycles. The molecule has 1 heterocycles. The summed E-state index contributed by atoms with van der Waals surface area (Å²) in [6.07, 6.45) is -6.40. The number of amides is 1. The Morgan fingerprint density at radius 1 is 1.10 bits per heavy atom. The van der Waals surface area contributed by atoms with Crippen molar-refractivity contribution < 1.29 is 35.5 Å². The lowest BCUT2D eigenvalue weighted by atomic mass is 9.85. The highest BCUT2D eigenvalue weighted by atomic mass is 19.4. The molecule has 1 aromatic heterocycles. The summed E-state index contributed by atoms with van der Waals surface area (Å²) in [5.41, 5.74) is -4.17. The standard InChI is InChI=1S/C18H15F7N4O/c19-12-6-10(17(20,21)22)4-5-13(12)28-16-27-8-11(14(29-16)18(23,24)25)15(30)26-7-9-2-1-3-9/h4-6,8-9H,1-3,7H2,(H,26,30)(H,27,28,29). The first kappa shape index (κ1) is 21.8. The Hall–Kier alpha value is -2.92. The highest BCUT2D eigenvalue weighted by molar-refractivity contribution is 5.95. The van der Waals surface area contributed by atoms with Gasteiger partial charge in [0.05, 0.1) is 16.8 Å². The molecular formula is C18H15F7N4O. The van der Waals surface area contributed by atoms with Gasteiger partial charge in [-0.2, -0.15) is 26.3 Å². The van der Waals surface area contributed by atoms with Gasteiger partial charge in [0.15, 0.2) is 5.69 Å². The van der Waals surface area contributed by atoms with Crippen molar-refractivity contribution in [3.8, 4) is 0 Å². The molecular weight excluding hydrogens is 421 g/mol. The minimum atomic E-state index is -5.01. The average Bonchev–Trinajstić information content (AvgIpc) is 2.60. The van der Waals surface area contributed by atoms with Gasteiger partial charge in [-0.05, 0) is 37.0 Å². The summed E-state index contributed by atoms with van der Waals surface area (Å²) in [5.74, 6) is -2.87. The number of alkyl halides is 6. The first-order valence-electron chi connectivity index (χ1n) is 8.81. The quantitative estimate of drug-likeness (QED) is 0.653. The number of halogens is 7. The fourth-order valence-corrected chi connectivity index (χ4v) is 2.77. The van der Waals surface area contributed by atoms with Crippen LogP contribution in [0.15, 0.2) is 24.4 Å². The van der Waals surface area contributed by atoms with Crippen molar-refractivity contribution >= 4 is 17.5 Å². The van der Waals surface area contributed by atoms with Crippen molar-refractivity contribution in [3.05, 3.63) is 47.0 Å². The van der Waals surface area contributed by atoms with E-state index in [1.54, 1.807) is 0 Å². The maximum absolute atomic E-state index is 13.9. The maximum Gasteiger partial charge on any atom is 0.434 e. The van der Waals surface area contributed by atoms with Gasteiger partial charge in [0.1, 0.15) is 5.82 Å². The van der Waals surface area contributed by atoms with E-state index in [9.17, 15) is 35.5 Å². The van der Waals surface area contributed by atoms with Gasteiger partial charge < -0.3 is 10.6 Å². The summed E-state index contributed by atoms with van der Waals surface area (Å²) in [4.78, 5) is 18.9. The highest BCUT2D eigenvalue weighted by Crippen LogP contribution is 2.33. The van der Waals surface area contributed by atoms with Crippen LogP contribution in [-0.2, 0) is 12.4 Å². The third-order valence-electron chi connectivity index (χ3n) is 4.62. The van der Waals surface area contributed by atoms with Crippen LogP contribution < -0.4 is 10.6 Å². The van der Waals surface area contributed by atoms with E-state index in [0.717, 1.165) is 19.3 Å². The van der Waals surface area contributed by atoms with Crippen LogP contribution >= 0.6 is 0 Å². The van der Waals surface area contributed by atoms with Crippen molar-refractivity contribution in [2.75, 3.05) is 11.9 Å². The third-order valence-corrected chi connectivity index (χ3v) is 4.62. The molecule has 1 fully saturated rings. The van der Waals surface area contributed by atoms with E-state index in [4.69, 9.17) is 0 Å². The Kier molecular flexibility index (Phi) is 5.86. The maximum atomic E-state index is 13.9. The molecule has 0 bridgehead atoms. The molecule has 2 aromatic rings. The van der Waals surface area contributed by atoms with E-state index < -0.39 is 52.5 Å². The number of benzene rings is 1. The number of nitrogens with zero attached hydrogens (tertiary/aromatic N) is 2. The van der Waals surface area contributed by atoms with Crippen LogP contribution in [0.2, 0.25) is 0 Å². The highest BCUT2D eigenvalue weighted by Gasteiger charge is 2.38. The topological polar surface area (TPSA) is 66.9 Å². The van der Waals surface area contributed by atoms with E-state index >= 15 is 0 Å². The summed E-state index contributed by atoms with van der Waals surface area (Å²) in [5, 5.41) is 4.51. The van der Waals surface area contributed by atoms with Gasteiger partial charge in [-0.15, -0.1) is 0 Å². The molecule has 1 aliphatic carbocycles. The number of aromatic nitrogens is 2. The largest absolute Gasteiger partial charge is 0.434 e. The fourth-order valence-electron chi connectivity index (χ4n) is 2.77. The molecule has 3 rings (SSSR count). The van der Waals surface area contributed by atoms with Gasteiger partial charge in [-0.25, -0.2) is 14.4 Å². The predicted molar refractivity (Wildman–Crippen MR) is 91.4 cm³/mol. The number of anilines is 2. The molecule has 0 atom stereocenters. The smallest absolute Gasteiger partial charge is 0.352 e. The Morgan fingerprint density at radius 3 is 2.33 bits per heavy atom. The van der Waals surface area contributed by atoms with Crippen molar-refractivity contribution in [1.29, 1.82) is 0 Å². The SMILES string of the molecule is O=C(NCC1CCC1)c1cnc(Nc2ccc(C(F)(F)F)cc2F)nc1C(F)(F)F. The molecule has 1 aliphatic rings. The van der Waals surface area contributed by atoms with Crippen molar-refractivity contribution in [2.24, 2.45) is 5.92 Å². The van der Waals surface area contributed by atoms with Gasteiger partial charge in [-0.1, -0.05) is 6.42 Å². The number of carbonyl (C=O) groups excluding carboxylic acids is 1. The monoisotopic (exact) mass is 436 g/mol. The van der Waals surface area contributed by atoms with E-state index in [-0.39, 0.29) is 18.5 Å². The zero-order chi connectivity index (χ0) is 22.1. The summed E-state index contributed by atoms with van der Waals surface area (Å²) in [7, 11) is 0. The van der Waals surface area contributed by atoms with Crippen LogP contribution in [0.25, 0.3) is 0 Å². The molecule has 2 N–H and O–H groups in total. The minimum Gasteiger partial charge on any atom is -0.352 e. The molecule has 30 heavy (non-hydrogen) atoms. The van der Waals surface area contributed by atoms with E-state index in [1.165, 1.54) is 0 Å². The van der Waals surface area contributed by atoms with Crippen LogP contribution in [0.5, 0.6) is 0 Å². The number of nitrogens with one attached hydrogen (secondary N) is 2. The number of hydrogen-bond donors (Lipinski definition) is 2. The first-order chi connectivity index (χ1) is 13.9. The molecule has 0 unspecified atom stereocenters. The normalized spacial score (nSPS) is 14.9. The summed E-state index contributed by atoms with van der Waals surface area (Å²) in [6, 6.07) is 1.45. The van der Waals surface area contributed by atoms with Crippen LogP contribution in [0.4, 0.5) is 42.4 Å². The summed E-state index contributed by atoms with van der Waals surface area (Å²) >= 11 is 0. The van der Waals surface area contributed by atoms with Gasteiger partial charge >= 0.3 is 12.4 Å². The summed E-state index contributed by atoms with van der Waals surface area (Å²) < 4.78 is 91.8. The number of rotatable bonds is 5. The number of carbonyl (C=O) groups is 1. The van der Waals surface area contributed by atoms with Crippen LogP contribution in [0.1, 0.15) is 40.9 Å². The molecule has 0 spiro atoms. The van der Waals surface area contributed by atoms with Gasteiger partial charge in [0.25, 0.3) is 5.91 Å². The molecule has 12 heteroatoms. The fraction of sp³-hybridized carbons (Fsp3) is 0.389. The second kappa shape index (κ2) is 8.07. The minimum absolute atomic E-state index is 0.190. The lowest BCUT2D eigenvalue weighted by molar-refractivity contribution is -0.141. The van der Waals surface area contributed by atoms with Crippen LogP contribution in [-0.4, -0.2) is 22.4 Å². The van der Waals surface area contributed by atoms with E-state index in [0.29, 0.717) is 18.3 Å². The summed E-state index contributed by atoms with van der Waals surface area (Å²) in [6.45, 7) is 0.229. The lowest BCUT2D eigenvalue weighted by Crippen LogP contribution is -2.33. The second-order valence-electron chi connectivity index (χ2n) is 6.78. The molecule has 0 saturated heterocycles. The van der Waals surface area contributed by atoms with Crippen LogP contribution in [0, 0.1) is 11.7 Å². The molecule has 1 amide bonds. The average molecular weight is 436 g/mol. The van der Waals surface area contributed by atoms with Gasteiger partial charge in [0, 0.05) is 12.7 Å². The predicted octanol–water partition coefficient (Wildman–Crippen LogP) is 4.93. The Bertz CT molecular complexity index is 939. The molecule has 0 radical (unpaired) electrons. The van der Waals surface area contributed by atoms with E-state index in [2.05, 4.69) is 20.6 Å². The van der Waals surface area contributed by atoms with Crippen molar-refractivity contribution in [3.63, 3.8) is 0 Å². The van der Waals surface area contributed by atoms with Gasteiger partial charge in [0.2, 0.25) is 5.95 Å². The molecule has 0 aliphatic heterocycles. The Balaban J connectivity index is 1.83. The Labute approximate surface area is 165 Å². The lowest BCUT2D eigenvalue weighted by Gasteiger charge is -2.25. The van der Waals surface area contributed by atoms with E-state index in [1.807, 2.05) is 0 Å². The van der Waals surface area contributed by atoms with Crippen molar-refractivity contribution in [1.82, 2.24) is 15.3 Å². The van der Waals surface area contributed by atoms with Crippen molar-refractivity contribution in [2.45, 2.75) is 31.6 Å². The zero-order valence-electron chi connectivity index (χ0n) is 15.2. The number of hydrogen-bond acceptors (Lipinski definition) is 4. The molecule has 162 valence electrons. The van der Waals surface area contributed by atoms with Crippen LogP contribution in [0.3, 0.4) is 0 Å². The Morgan fingerprint density at radius 2 is 1.80 bits per heavy atom. The second-order valence-corrected chi connectivity index (χ2v) is 6.78.